The van der Waals surface area contributed by atoms with E-state index in [0.29, 0.717) is 28.6 Å². The second kappa shape index (κ2) is 7.27. The number of anilines is 1. The van der Waals surface area contributed by atoms with Crippen LogP contribution in [-0.4, -0.2) is 27.2 Å². The van der Waals surface area contributed by atoms with Gasteiger partial charge in [0.15, 0.2) is 11.9 Å². The van der Waals surface area contributed by atoms with Crippen LogP contribution in [0.1, 0.15) is 33.6 Å². The number of para-hydroxylation sites is 1. The van der Waals surface area contributed by atoms with Crippen LogP contribution in [0.4, 0.5) is 5.69 Å². The molecule has 1 aliphatic heterocycles. The van der Waals surface area contributed by atoms with E-state index in [9.17, 15) is 0 Å². The highest BCUT2D eigenvalue weighted by Gasteiger charge is 2.34. The molecule has 2 heterocycles. The minimum absolute atomic E-state index is 0.132. The molecule has 4 rings (SSSR count). The van der Waals surface area contributed by atoms with Gasteiger partial charge in [0.05, 0.1) is 0 Å². The van der Waals surface area contributed by atoms with E-state index in [1.165, 1.54) is 5.57 Å². The molecule has 5 nitrogen and oxygen atoms in total. The molecular weight excluding hydrogens is 344 g/mol. The molecule has 1 aromatic heterocycles. The molecule has 26 heavy (non-hydrogen) atoms. The van der Waals surface area contributed by atoms with Gasteiger partial charge in [0.1, 0.15) is 0 Å². The van der Waals surface area contributed by atoms with E-state index < -0.39 is 0 Å². The molecule has 0 radical (unpaired) electrons. The maximum Gasteiger partial charge on any atom is 0.247 e. The number of benzene rings is 1. The third kappa shape index (κ3) is 3.30. The fourth-order valence-corrected chi connectivity index (χ4v) is 4.29. The van der Waals surface area contributed by atoms with E-state index in [0.717, 1.165) is 29.8 Å². The van der Waals surface area contributed by atoms with Gasteiger partial charge in [-0.3, -0.25) is 0 Å². The molecule has 1 aromatic carbocycles. The van der Waals surface area contributed by atoms with Crippen LogP contribution in [0.25, 0.3) is 11.3 Å². The first-order chi connectivity index (χ1) is 12.7. The van der Waals surface area contributed by atoms with Crippen LogP contribution in [0.2, 0.25) is 0 Å². The van der Waals surface area contributed by atoms with Gasteiger partial charge in [-0.1, -0.05) is 55.5 Å². The van der Waals surface area contributed by atoms with Crippen molar-refractivity contribution >= 4 is 17.4 Å². The Hall–Kier alpha value is -2.08. The van der Waals surface area contributed by atoms with Crippen molar-refractivity contribution in [2.75, 3.05) is 11.1 Å². The van der Waals surface area contributed by atoms with Gasteiger partial charge >= 0.3 is 0 Å². The molecular formula is C20H24N4OS. The van der Waals surface area contributed by atoms with E-state index in [4.69, 9.17) is 4.74 Å². The largest absolute Gasteiger partial charge is 0.452 e. The van der Waals surface area contributed by atoms with Crippen molar-refractivity contribution in [3.63, 3.8) is 0 Å². The number of nitrogens with zero attached hydrogens (tertiary/aromatic N) is 3. The summed E-state index contributed by atoms with van der Waals surface area (Å²) in [6.07, 6.45) is 4.33. The second-order valence-corrected chi connectivity index (χ2v) is 8.27. The lowest BCUT2D eigenvalue weighted by Gasteiger charge is -2.34. The summed E-state index contributed by atoms with van der Waals surface area (Å²) in [5.74, 6) is 2.42. The van der Waals surface area contributed by atoms with Crippen molar-refractivity contribution in [3.8, 4) is 17.1 Å². The van der Waals surface area contributed by atoms with Crippen LogP contribution in [-0.2, 0) is 0 Å². The average Bonchev–Trinajstić information content (AvgIpc) is 2.78. The molecule has 0 bridgehead atoms. The Labute approximate surface area is 158 Å². The molecule has 1 N–H and O–H groups in total. The number of aromatic nitrogens is 3. The van der Waals surface area contributed by atoms with Gasteiger partial charge in [-0.25, -0.2) is 0 Å². The van der Waals surface area contributed by atoms with Crippen molar-refractivity contribution < 1.29 is 4.74 Å². The van der Waals surface area contributed by atoms with Gasteiger partial charge in [-0.15, -0.1) is 10.2 Å². The molecule has 0 fully saturated rings. The summed E-state index contributed by atoms with van der Waals surface area (Å²) < 4.78 is 6.40. The summed E-state index contributed by atoms with van der Waals surface area (Å²) in [7, 11) is 0. The molecule has 2 aliphatic rings. The lowest BCUT2D eigenvalue weighted by atomic mass is 9.80. The number of allylic oxidation sites excluding steroid dienone is 2. The maximum atomic E-state index is 6.40. The number of ether oxygens (including phenoxy) is 1. The summed E-state index contributed by atoms with van der Waals surface area (Å²) in [6, 6.07) is 8.16. The number of thioether (sulfide) groups is 1. The predicted octanol–water partition coefficient (Wildman–Crippen LogP) is 4.77. The van der Waals surface area contributed by atoms with Gasteiger partial charge in [0.25, 0.3) is 0 Å². The highest BCUT2D eigenvalue weighted by molar-refractivity contribution is 7.99. The number of rotatable bonds is 3. The number of hydrogen-bond acceptors (Lipinski definition) is 6. The first-order valence-corrected chi connectivity index (χ1v) is 10.2. The van der Waals surface area contributed by atoms with Crippen LogP contribution in [0, 0.1) is 11.8 Å². The maximum absolute atomic E-state index is 6.40. The Morgan fingerprint density at radius 3 is 2.92 bits per heavy atom. The molecule has 0 spiro atoms. The Morgan fingerprint density at radius 2 is 2.12 bits per heavy atom. The van der Waals surface area contributed by atoms with Crippen molar-refractivity contribution in [2.45, 2.75) is 45.0 Å². The third-order valence-corrected chi connectivity index (χ3v) is 5.85. The second-order valence-electron chi connectivity index (χ2n) is 7.04. The monoisotopic (exact) mass is 368 g/mol. The minimum Gasteiger partial charge on any atom is -0.452 e. The average molecular weight is 369 g/mol. The molecule has 2 aromatic rings. The van der Waals surface area contributed by atoms with Crippen LogP contribution < -0.4 is 10.1 Å². The summed E-state index contributed by atoms with van der Waals surface area (Å²) in [6.45, 7) is 6.60. The van der Waals surface area contributed by atoms with Crippen LogP contribution >= 0.6 is 11.8 Å². The molecule has 6 heteroatoms. The van der Waals surface area contributed by atoms with Crippen molar-refractivity contribution in [3.05, 3.63) is 35.9 Å². The van der Waals surface area contributed by atoms with Crippen molar-refractivity contribution in [1.82, 2.24) is 15.2 Å². The Kier molecular flexibility index (Phi) is 4.85. The van der Waals surface area contributed by atoms with Crippen LogP contribution in [0.3, 0.4) is 0 Å². The zero-order valence-corrected chi connectivity index (χ0v) is 16.2. The van der Waals surface area contributed by atoms with E-state index in [2.05, 4.69) is 53.4 Å². The van der Waals surface area contributed by atoms with Crippen molar-refractivity contribution in [1.29, 1.82) is 0 Å². The zero-order chi connectivity index (χ0) is 18.1. The molecule has 0 unspecified atom stereocenters. The standard InChI is InChI=1S/C20H24N4OS/c1-4-26-20-22-19-17(23-24-20)15-7-5-6-8-16(15)21-18(25-19)14-10-9-12(2)11-13(14)3/h5-9,13-14,18,21H,4,10-11H2,1-3H3/t13-,14-,18-/m0/s1. The number of nitrogens with one attached hydrogen (secondary N) is 1. The quantitative estimate of drug-likeness (QED) is 0.622. The predicted molar refractivity (Wildman–Crippen MR) is 105 cm³/mol. The third-order valence-electron chi connectivity index (χ3n) is 5.13. The van der Waals surface area contributed by atoms with E-state index in [1.54, 1.807) is 11.8 Å². The smallest absolute Gasteiger partial charge is 0.247 e. The SMILES string of the molecule is CCSc1nnc2c(n1)O[C@@H]([C@H]1CC=C(C)C[C@@H]1C)Nc1ccccc1-2. The molecule has 136 valence electrons. The van der Waals surface area contributed by atoms with Crippen LogP contribution in [0.15, 0.2) is 41.1 Å². The van der Waals surface area contributed by atoms with Gasteiger partial charge in [-0.2, -0.15) is 4.98 Å². The summed E-state index contributed by atoms with van der Waals surface area (Å²) in [4.78, 5) is 4.66. The first-order valence-electron chi connectivity index (χ1n) is 9.21. The van der Waals surface area contributed by atoms with Crippen molar-refractivity contribution in [2.24, 2.45) is 11.8 Å². The molecule has 3 atom stereocenters. The molecule has 0 saturated heterocycles. The van der Waals surface area contributed by atoms with Crippen LogP contribution in [0.5, 0.6) is 5.88 Å². The topological polar surface area (TPSA) is 59.9 Å². The summed E-state index contributed by atoms with van der Waals surface area (Å²) >= 11 is 1.58. The highest BCUT2D eigenvalue weighted by atomic mass is 32.2. The number of fused-ring (bicyclic) bond motifs is 3. The van der Waals surface area contributed by atoms with E-state index in [1.807, 2.05) is 18.2 Å². The van der Waals surface area contributed by atoms with Gasteiger partial charge in [0, 0.05) is 17.2 Å². The Bertz CT molecular complexity index is 838. The van der Waals surface area contributed by atoms with Gasteiger partial charge in [-0.05, 0) is 37.5 Å². The summed E-state index contributed by atoms with van der Waals surface area (Å²) in [5, 5.41) is 13.0. The lowest BCUT2D eigenvalue weighted by molar-refractivity contribution is 0.114. The molecule has 1 aliphatic carbocycles. The number of hydrogen-bond donors (Lipinski definition) is 1. The fourth-order valence-electron chi connectivity index (χ4n) is 3.79. The van der Waals surface area contributed by atoms with E-state index in [-0.39, 0.29) is 6.23 Å². The van der Waals surface area contributed by atoms with Gasteiger partial charge in [0.2, 0.25) is 11.0 Å². The summed E-state index contributed by atoms with van der Waals surface area (Å²) in [5.41, 5.74) is 4.20. The van der Waals surface area contributed by atoms with Gasteiger partial charge < -0.3 is 10.1 Å². The lowest BCUT2D eigenvalue weighted by Crippen LogP contribution is -2.39. The molecule has 0 saturated carbocycles. The fraction of sp³-hybridized carbons (Fsp3) is 0.450. The first kappa shape index (κ1) is 17.3. The highest BCUT2D eigenvalue weighted by Crippen LogP contribution is 2.40. The molecule has 0 amide bonds. The Balaban J connectivity index is 1.75. The normalized spacial score (nSPS) is 24.4. The zero-order valence-electron chi connectivity index (χ0n) is 15.4. The minimum atomic E-state index is -0.132. The van der Waals surface area contributed by atoms with E-state index >= 15 is 0 Å². The Morgan fingerprint density at radius 1 is 1.27 bits per heavy atom.